The number of nitrogens with one attached hydrogen (secondary N) is 3. The first kappa shape index (κ1) is 17.4. The molecule has 0 aliphatic heterocycles. The number of sulfonamides is 1. The standard InChI is InChI=1S/C13H22N4O3S/c1-4-14-12-8-10(3)16-9-11(12)13(18)15-6-7-21(19,20)17-5-2/h8-9,17H,4-7H2,1-3H3,(H,14,16)(H,15,18). The summed E-state index contributed by atoms with van der Waals surface area (Å²) in [5.41, 5.74) is 1.90. The van der Waals surface area contributed by atoms with Gasteiger partial charge in [-0.2, -0.15) is 0 Å². The first-order valence-electron chi connectivity index (χ1n) is 6.85. The van der Waals surface area contributed by atoms with Crippen LogP contribution in [0.15, 0.2) is 12.3 Å². The van der Waals surface area contributed by atoms with Gasteiger partial charge in [0.05, 0.1) is 17.0 Å². The summed E-state index contributed by atoms with van der Waals surface area (Å²) in [7, 11) is -3.33. The summed E-state index contributed by atoms with van der Waals surface area (Å²) in [4.78, 5) is 16.2. The Morgan fingerprint density at radius 2 is 2.00 bits per heavy atom. The van der Waals surface area contributed by atoms with E-state index in [1.165, 1.54) is 6.20 Å². The van der Waals surface area contributed by atoms with Crippen LogP contribution in [-0.4, -0.2) is 44.7 Å². The molecule has 1 aromatic heterocycles. The summed E-state index contributed by atoms with van der Waals surface area (Å²) < 4.78 is 25.3. The smallest absolute Gasteiger partial charge is 0.254 e. The maximum absolute atomic E-state index is 12.1. The maximum atomic E-state index is 12.1. The number of rotatable bonds is 8. The van der Waals surface area contributed by atoms with Crippen molar-refractivity contribution in [2.45, 2.75) is 20.8 Å². The number of hydrogen-bond acceptors (Lipinski definition) is 5. The van der Waals surface area contributed by atoms with Gasteiger partial charge in [0.1, 0.15) is 0 Å². The summed E-state index contributed by atoms with van der Waals surface area (Å²) in [6.45, 7) is 6.54. The van der Waals surface area contributed by atoms with Crippen LogP contribution in [-0.2, 0) is 10.0 Å². The van der Waals surface area contributed by atoms with Gasteiger partial charge >= 0.3 is 0 Å². The molecule has 7 nitrogen and oxygen atoms in total. The molecule has 0 aliphatic rings. The lowest BCUT2D eigenvalue weighted by Crippen LogP contribution is -2.34. The van der Waals surface area contributed by atoms with E-state index in [1.54, 1.807) is 13.0 Å². The van der Waals surface area contributed by atoms with Crippen molar-refractivity contribution in [1.82, 2.24) is 15.0 Å². The van der Waals surface area contributed by atoms with Crippen molar-refractivity contribution in [3.8, 4) is 0 Å². The molecule has 1 rings (SSSR count). The Balaban J connectivity index is 2.68. The molecule has 118 valence electrons. The fourth-order valence-electron chi connectivity index (χ4n) is 1.76. The molecule has 3 N–H and O–H groups in total. The van der Waals surface area contributed by atoms with Crippen molar-refractivity contribution in [1.29, 1.82) is 0 Å². The zero-order valence-corrected chi connectivity index (χ0v) is 13.4. The average Bonchev–Trinajstić information content (AvgIpc) is 2.38. The molecule has 8 heteroatoms. The van der Waals surface area contributed by atoms with Crippen LogP contribution >= 0.6 is 0 Å². The molecule has 0 aromatic carbocycles. The molecular formula is C13H22N4O3S. The Hall–Kier alpha value is -1.67. The summed E-state index contributed by atoms with van der Waals surface area (Å²) in [6, 6.07) is 1.79. The second-order valence-electron chi connectivity index (χ2n) is 4.47. The molecule has 0 aliphatic carbocycles. The highest BCUT2D eigenvalue weighted by atomic mass is 32.2. The van der Waals surface area contributed by atoms with Gasteiger partial charge in [-0.05, 0) is 19.9 Å². The number of anilines is 1. The first-order valence-corrected chi connectivity index (χ1v) is 8.51. The number of aromatic nitrogens is 1. The number of aryl methyl sites for hydroxylation is 1. The van der Waals surface area contributed by atoms with Gasteiger partial charge < -0.3 is 10.6 Å². The molecule has 0 fully saturated rings. The van der Waals surface area contributed by atoms with E-state index in [9.17, 15) is 13.2 Å². The minimum Gasteiger partial charge on any atom is -0.385 e. The minimum absolute atomic E-state index is 0.0492. The van der Waals surface area contributed by atoms with E-state index in [0.717, 1.165) is 5.69 Å². The molecule has 0 saturated heterocycles. The van der Waals surface area contributed by atoms with Crippen LogP contribution in [0.3, 0.4) is 0 Å². The van der Waals surface area contributed by atoms with Crippen LogP contribution in [0.4, 0.5) is 5.69 Å². The highest BCUT2D eigenvalue weighted by molar-refractivity contribution is 7.89. The number of hydrogen-bond donors (Lipinski definition) is 3. The SMILES string of the molecule is CCNc1cc(C)ncc1C(=O)NCCS(=O)(=O)NCC. The van der Waals surface area contributed by atoms with Crippen molar-refractivity contribution in [3.63, 3.8) is 0 Å². The second kappa shape index (κ2) is 7.94. The molecule has 1 amide bonds. The van der Waals surface area contributed by atoms with Crippen molar-refractivity contribution in [3.05, 3.63) is 23.5 Å². The van der Waals surface area contributed by atoms with Gasteiger partial charge in [-0.25, -0.2) is 13.1 Å². The van der Waals surface area contributed by atoms with Crippen LogP contribution in [0.1, 0.15) is 29.9 Å². The maximum Gasteiger partial charge on any atom is 0.254 e. The van der Waals surface area contributed by atoms with Crippen molar-refractivity contribution in [2.75, 3.05) is 30.7 Å². The highest BCUT2D eigenvalue weighted by Crippen LogP contribution is 2.15. The van der Waals surface area contributed by atoms with E-state index >= 15 is 0 Å². The summed E-state index contributed by atoms with van der Waals surface area (Å²) in [6.07, 6.45) is 1.49. The predicted octanol–water partition coefficient (Wildman–Crippen LogP) is 0.491. The van der Waals surface area contributed by atoms with Gasteiger partial charge in [-0.15, -0.1) is 0 Å². The normalized spacial score (nSPS) is 11.2. The number of carbonyl (C=O) groups is 1. The second-order valence-corrected chi connectivity index (χ2v) is 6.40. The zero-order valence-electron chi connectivity index (χ0n) is 12.6. The predicted molar refractivity (Wildman–Crippen MR) is 82.9 cm³/mol. The van der Waals surface area contributed by atoms with Crippen LogP contribution in [0.25, 0.3) is 0 Å². The van der Waals surface area contributed by atoms with E-state index in [0.29, 0.717) is 24.3 Å². The van der Waals surface area contributed by atoms with Gasteiger partial charge in [0.2, 0.25) is 10.0 Å². The van der Waals surface area contributed by atoms with Crippen molar-refractivity contribution < 1.29 is 13.2 Å². The Morgan fingerprint density at radius 1 is 1.29 bits per heavy atom. The lowest BCUT2D eigenvalue weighted by atomic mass is 10.2. The lowest BCUT2D eigenvalue weighted by Gasteiger charge is -2.11. The number of pyridine rings is 1. The summed E-state index contributed by atoms with van der Waals surface area (Å²) in [5.74, 6) is -0.493. The third-order valence-electron chi connectivity index (χ3n) is 2.67. The number of carbonyl (C=O) groups excluding carboxylic acids is 1. The molecule has 0 radical (unpaired) electrons. The van der Waals surface area contributed by atoms with Crippen molar-refractivity contribution in [2.24, 2.45) is 0 Å². The highest BCUT2D eigenvalue weighted by Gasteiger charge is 2.14. The Labute approximate surface area is 125 Å². The third kappa shape index (κ3) is 5.68. The molecule has 1 heterocycles. The van der Waals surface area contributed by atoms with Crippen LogP contribution in [0, 0.1) is 6.92 Å². The van der Waals surface area contributed by atoms with Gasteiger partial charge in [-0.3, -0.25) is 9.78 Å². The van der Waals surface area contributed by atoms with Gasteiger partial charge in [0.25, 0.3) is 5.91 Å². The first-order chi connectivity index (χ1) is 9.89. The van der Waals surface area contributed by atoms with Gasteiger partial charge in [-0.1, -0.05) is 6.92 Å². The monoisotopic (exact) mass is 314 g/mol. The average molecular weight is 314 g/mol. The molecule has 21 heavy (non-hydrogen) atoms. The largest absolute Gasteiger partial charge is 0.385 e. The van der Waals surface area contributed by atoms with Gasteiger partial charge in [0, 0.05) is 31.5 Å². The minimum atomic E-state index is -3.33. The fraction of sp³-hybridized carbons (Fsp3) is 0.538. The Bertz CT molecular complexity index is 587. The molecule has 0 spiro atoms. The topological polar surface area (TPSA) is 100 Å². The van der Waals surface area contributed by atoms with E-state index in [-0.39, 0.29) is 18.2 Å². The molecule has 0 bridgehead atoms. The molecule has 0 atom stereocenters. The van der Waals surface area contributed by atoms with Crippen LogP contribution in [0.2, 0.25) is 0 Å². The number of amides is 1. The van der Waals surface area contributed by atoms with Crippen molar-refractivity contribution >= 4 is 21.6 Å². The third-order valence-corrected chi connectivity index (χ3v) is 4.14. The van der Waals surface area contributed by atoms with Crippen LogP contribution < -0.4 is 15.4 Å². The van der Waals surface area contributed by atoms with E-state index < -0.39 is 10.0 Å². The van der Waals surface area contributed by atoms with Crippen LogP contribution in [0.5, 0.6) is 0 Å². The zero-order chi connectivity index (χ0) is 15.9. The molecule has 0 unspecified atom stereocenters. The molecular weight excluding hydrogens is 292 g/mol. The summed E-state index contributed by atoms with van der Waals surface area (Å²) in [5, 5.41) is 5.69. The van der Waals surface area contributed by atoms with E-state index in [1.807, 2.05) is 13.8 Å². The quantitative estimate of drug-likeness (QED) is 0.648. The fourth-order valence-corrected chi connectivity index (χ4v) is 2.72. The Morgan fingerprint density at radius 3 is 2.62 bits per heavy atom. The van der Waals surface area contributed by atoms with E-state index in [4.69, 9.17) is 0 Å². The molecule has 0 saturated carbocycles. The lowest BCUT2D eigenvalue weighted by molar-refractivity contribution is 0.0956. The summed E-state index contributed by atoms with van der Waals surface area (Å²) >= 11 is 0. The van der Waals surface area contributed by atoms with E-state index in [2.05, 4.69) is 20.3 Å². The van der Waals surface area contributed by atoms with Gasteiger partial charge in [0.15, 0.2) is 0 Å². The number of nitrogens with zero attached hydrogens (tertiary/aromatic N) is 1. The Kier molecular flexibility index (Phi) is 6.57. The molecule has 1 aromatic rings.